The Bertz CT molecular complexity index is 288. The molecule has 0 aliphatic heterocycles. The average Bonchev–Trinajstić information content (AvgIpc) is 2.83. The first-order chi connectivity index (χ1) is 8.34. The molecule has 3 heteroatoms. The SMILES string of the molecule is CC(Cn1ccnc1)NCCC1CCCCC1. The molecule has 0 aromatic carbocycles. The minimum Gasteiger partial charge on any atom is -0.336 e. The lowest BCUT2D eigenvalue weighted by Crippen LogP contribution is -2.32. The van der Waals surface area contributed by atoms with Crippen LogP contribution in [-0.2, 0) is 6.54 Å². The van der Waals surface area contributed by atoms with Gasteiger partial charge in [-0.05, 0) is 25.8 Å². The fraction of sp³-hybridized carbons (Fsp3) is 0.786. The van der Waals surface area contributed by atoms with Crippen molar-refractivity contribution in [3.05, 3.63) is 18.7 Å². The highest BCUT2D eigenvalue weighted by atomic mass is 15.1. The molecular weight excluding hydrogens is 210 g/mol. The normalized spacial score (nSPS) is 19.4. The van der Waals surface area contributed by atoms with E-state index in [2.05, 4.69) is 21.8 Å². The van der Waals surface area contributed by atoms with Gasteiger partial charge < -0.3 is 9.88 Å². The third kappa shape index (κ3) is 4.50. The van der Waals surface area contributed by atoms with Gasteiger partial charge in [0.1, 0.15) is 0 Å². The van der Waals surface area contributed by atoms with Crippen molar-refractivity contribution in [2.24, 2.45) is 5.92 Å². The Morgan fingerprint density at radius 3 is 2.88 bits per heavy atom. The second kappa shape index (κ2) is 6.80. The summed E-state index contributed by atoms with van der Waals surface area (Å²) in [5.74, 6) is 0.983. The molecule has 17 heavy (non-hydrogen) atoms. The van der Waals surface area contributed by atoms with E-state index in [1.807, 2.05) is 18.7 Å². The molecule has 96 valence electrons. The minimum atomic E-state index is 0.535. The smallest absolute Gasteiger partial charge is 0.0946 e. The minimum absolute atomic E-state index is 0.535. The third-order valence-electron chi connectivity index (χ3n) is 3.81. The molecule has 0 bridgehead atoms. The van der Waals surface area contributed by atoms with Crippen LogP contribution in [0.2, 0.25) is 0 Å². The van der Waals surface area contributed by atoms with E-state index in [-0.39, 0.29) is 0 Å². The van der Waals surface area contributed by atoms with Gasteiger partial charge in [0.25, 0.3) is 0 Å². The number of nitrogens with zero attached hydrogens (tertiary/aromatic N) is 2. The maximum Gasteiger partial charge on any atom is 0.0946 e. The molecular formula is C14H25N3. The molecule has 0 amide bonds. The third-order valence-corrected chi connectivity index (χ3v) is 3.81. The Kier molecular flexibility index (Phi) is 5.05. The first kappa shape index (κ1) is 12.6. The Hall–Kier alpha value is -0.830. The topological polar surface area (TPSA) is 29.9 Å². The van der Waals surface area contributed by atoms with Gasteiger partial charge in [-0.2, -0.15) is 0 Å². The number of nitrogens with one attached hydrogen (secondary N) is 1. The van der Waals surface area contributed by atoms with E-state index in [9.17, 15) is 0 Å². The van der Waals surface area contributed by atoms with E-state index >= 15 is 0 Å². The van der Waals surface area contributed by atoms with Crippen LogP contribution in [0.25, 0.3) is 0 Å². The van der Waals surface area contributed by atoms with Crippen molar-refractivity contribution < 1.29 is 0 Å². The number of hydrogen-bond acceptors (Lipinski definition) is 2. The van der Waals surface area contributed by atoms with E-state index < -0.39 is 0 Å². The lowest BCUT2D eigenvalue weighted by Gasteiger charge is -2.22. The molecule has 3 nitrogen and oxygen atoms in total. The largest absolute Gasteiger partial charge is 0.336 e. The zero-order valence-electron chi connectivity index (χ0n) is 10.9. The van der Waals surface area contributed by atoms with Crippen molar-refractivity contribution in [3.63, 3.8) is 0 Å². The molecule has 1 aliphatic carbocycles. The monoisotopic (exact) mass is 235 g/mol. The first-order valence-corrected chi connectivity index (χ1v) is 7.03. The number of aromatic nitrogens is 2. The fourth-order valence-corrected chi connectivity index (χ4v) is 2.79. The maximum atomic E-state index is 4.06. The van der Waals surface area contributed by atoms with Gasteiger partial charge in [0.05, 0.1) is 6.33 Å². The van der Waals surface area contributed by atoms with Gasteiger partial charge in [-0.25, -0.2) is 4.98 Å². The van der Waals surface area contributed by atoms with Crippen LogP contribution < -0.4 is 5.32 Å². The van der Waals surface area contributed by atoms with Crippen molar-refractivity contribution in [2.75, 3.05) is 6.54 Å². The Labute approximate surface area is 105 Å². The highest BCUT2D eigenvalue weighted by molar-refractivity contribution is 4.76. The van der Waals surface area contributed by atoms with Crippen LogP contribution in [0.5, 0.6) is 0 Å². The summed E-state index contributed by atoms with van der Waals surface area (Å²) in [4.78, 5) is 4.06. The van der Waals surface area contributed by atoms with E-state index in [1.54, 1.807) is 0 Å². The lowest BCUT2D eigenvalue weighted by atomic mass is 9.87. The van der Waals surface area contributed by atoms with Crippen LogP contribution in [-0.4, -0.2) is 22.1 Å². The predicted octanol–water partition coefficient (Wildman–Crippen LogP) is 2.83. The van der Waals surface area contributed by atoms with Crippen LogP contribution in [0, 0.1) is 5.92 Å². The molecule has 1 aromatic rings. The maximum absolute atomic E-state index is 4.06. The molecule has 0 spiro atoms. The van der Waals surface area contributed by atoms with Crippen molar-refractivity contribution in [1.29, 1.82) is 0 Å². The van der Waals surface area contributed by atoms with Gasteiger partial charge in [0.2, 0.25) is 0 Å². The molecule has 1 fully saturated rings. The van der Waals surface area contributed by atoms with Crippen molar-refractivity contribution in [1.82, 2.24) is 14.9 Å². The van der Waals surface area contributed by atoms with E-state index in [0.717, 1.165) is 12.5 Å². The lowest BCUT2D eigenvalue weighted by molar-refractivity contribution is 0.325. The van der Waals surface area contributed by atoms with E-state index in [4.69, 9.17) is 0 Å². The zero-order valence-corrected chi connectivity index (χ0v) is 10.9. The van der Waals surface area contributed by atoms with Gasteiger partial charge in [0.15, 0.2) is 0 Å². The molecule has 1 aromatic heterocycles. The van der Waals surface area contributed by atoms with Gasteiger partial charge in [0, 0.05) is 25.0 Å². The molecule has 0 saturated heterocycles. The molecule has 0 radical (unpaired) electrons. The fourth-order valence-electron chi connectivity index (χ4n) is 2.79. The van der Waals surface area contributed by atoms with Gasteiger partial charge in [-0.3, -0.25) is 0 Å². The summed E-state index contributed by atoms with van der Waals surface area (Å²) in [6.45, 7) is 4.44. The summed E-state index contributed by atoms with van der Waals surface area (Å²) in [6, 6.07) is 0.535. The molecule has 1 N–H and O–H groups in total. The summed E-state index contributed by atoms with van der Waals surface area (Å²) >= 11 is 0. The molecule has 2 rings (SSSR count). The van der Waals surface area contributed by atoms with Crippen molar-refractivity contribution in [2.45, 2.75) is 58.0 Å². The Morgan fingerprint density at radius 2 is 2.18 bits per heavy atom. The second-order valence-corrected chi connectivity index (χ2v) is 5.41. The van der Waals surface area contributed by atoms with Crippen molar-refractivity contribution >= 4 is 0 Å². The zero-order chi connectivity index (χ0) is 11.9. The number of hydrogen-bond donors (Lipinski definition) is 1. The van der Waals surface area contributed by atoms with Crippen LogP contribution >= 0.6 is 0 Å². The summed E-state index contributed by atoms with van der Waals surface area (Å²) < 4.78 is 2.14. The van der Waals surface area contributed by atoms with E-state index in [1.165, 1.54) is 45.1 Å². The highest BCUT2D eigenvalue weighted by Gasteiger charge is 2.13. The Morgan fingerprint density at radius 1 is 1.35 bits per heavy atom. The molecule has 1 unspecified atom stereocenters. The predicted molar refractivity (Wildman–Crippen MR) is 70.9 cm³/mol. The first-order valence-electron chi connectivity index (χ1n) is 7.03. The van der Waals surface area contributed by atoms with Gasteiger partial charge in [-0.1, -0.05) is 32.1 Å². The number of rotatable bonds is 6. The summed E-state index contributed by atoms with van der Waals surface area (Å²) in [5, 5.41) is 3.62. The summed E-state index contributed by atoms with van der Waals surface area (Å²) in [6.07, 6.45) is 14.4. The average molecular weight is 235 g/mol. The molecule has 1 atom stereocenters. The standard InChI is InChI=1S/C14H25N3/c1-13(11-17-10-9-15-12-17)16-8-7-14-5-3-2-4-6-14/h9-10,12-14,16H,2-8,11H2,1H3. The van der Waals surface area contributed by atoms with Crippen LogP contribution in [0.1, 0.15) is 45.4 Å². The molecule has 1 saturated carbocycles. The van der Waals surface area contributed by atoms with Crippen molar-refractivity contribution in [3.8, 4) is 0 Å². The quantitative estimate of drug-likeness (QED) is 0.821. The van der Waals surface area contributed by atoms with Crippen LogP contribution in [0.3, 0.4) is 0 Å². The summed E-state index contributed by atoms with van der Waals surface area (Å²) in [5.41, 5.74) is 0. The molecule has 1 aliphatic rings. The highest BCUT2D eigenvalue weighted by Crippen LogP contribution is 2.25. The van der Waals surface area contributed by atoms with Gasteiger partial charge >= 0.3 is 0 Å². The Balaban J connectivity index is 1.58. The van der Waals surface area contributed by atoms with Crippen LogP contribution in [0.15, 0.2) is 18.7 Å². The van der Waals surface area contributed by atoms with Gasteiger partial charge in [-0.15, -0.1) is 0 Å². The number of imidazole rings is 1. The summed E-state index contributed by atoms with van der Waals surface area (Å²) in [7, 11) is 0. The van der Waals surface area contributed by atoms with E-state index in [0.29, 0.717) is 6.04 Å². The van der Waals surface area contributed by atoms with Crippen LogP contribution in [0.4, 0.5) is 0 Å². The molecule has 1 heterocycles. The second-order valence-electron chi connectivity index (χ2n) is 5.41.